The van der Waals surface area contributed by atoms with Gasteiger partial charge in [0.25, 0.3) is 0 Å². The Morgan fingerprint density at radius 3 is 2.00 bits per heavy atom. The maximum absolute atomic E-state index is 12.6. The average Bonchev–Trinajstić information content (AvgIpc) is 2.53. The van der Waals surface area contributed by atoms with Gasteiger partial charge in [0, 0.05) is 6.42 Å². The highest BCUT2D eigenvalue weighted by Gasteiger charge is 2.48. The number of carboxylic acid groups (broad SMARTS) is 1. The minimum atomic E-state index is -0.970. The van der Waals surface area contributed by atoms with Crippen molar-refractivity contribution in [2.45, 2.75) is 38.5 Å². The summed E-state index contributed by atoms with van der Waals surface area (Å²) in [6.45, 7) is 0. The van der Waals surface area contributed by atoms with E-state index in [4.69, 9.17) is 9.84 Å². The molecule has 6 heteroatoms. The average molecular weight is 566 g/mol. The van der Waals surface area contributed by atoms with E-state index < -0.39 is 5.97 Å². The third kappa shape index (κ3) is 3.57. The first-order chi connectivity index (χ1) is 11.9. The van der Waals surface area contributed by atoms with Crippen molar-refractivity contribution in [2.75, 3.05) is 0 Å². The molecule has 4 saturated carbocycles. The third-order valence-corrected chi connectivity index (χ3v) is 7.89. The van der Waals surface area contributed by atoms with Gasteiger partial charge in [0.05, 0.1) is 12.7 Å². The van der Waals surface area contributed by atoms with Crippen LogP contribution in [0.15, 0.2) is 12.1 Å². The molecule has 0 aromatic heterocycles. The molecule has 4 nitrogen and oxygen atoms in total. The number of hydrogen-bond acceptors (Lipinski definition) is 3. The second-order valence-corrected chi connectivity index (χ2v) is 10.2. The van der Waals surface area contributed by atoms with Gasteiger partial charge in [0.2, 0.25) is 0 Å². The number of carboxylic acids is 1. The molecule has 1 aromatic carbocycles. The molecule has 4 aliphatic carbocycles. The highest BCUT2D eigenvalue weighted by atomic mass is 127. The first-order valence-corrected chi connectivity index (χ1v) is 11.0. The topological polar surface area (TPSA) is 63.6 Å². The first-order valence-electron chi connectivity index (χ1n) is 8.83. The highest BCUT2D eigenvalue weighted by Crippen LogP contribution is 2.57. The molecule has 0 heterocycles. The third-order valence-electron chi connectivity index (χ3n) is 6.29. The smallest absolute Gasteiger partial charge is 0.335 e. The van der Waals surface area contributed by atoms with Crippen LogP contribution in [0.5, 0.6) is 5.75 Å². The minimum Gasteiger partial charge on any atom is -0.478 e. The Morgan fingerprint density at radius 2 is 1.52 bits per heavy atom. The van der Waals surface area contributed by atoms with E-state index in [1.165, 1.54) is 32.1 Å². The maximum atomic E-state index is 12.6. The van der Waals surface area contributed by atoms with Crippen LogP contribution in [0.25, 0.3) is 0 Å². The largest absolute Gasteiger partial charge is 0.478 e. The minimum absolute atomic E-state index is 0.170. The van der Waals surface area contributed by atoms with Gasteiger partial charge in [-0.3, -0.25) is 4.79 Å². The molecule has 1 N–H and O–H groups in total. The van der Waals surface area contributed by atoms with Crippen LogP contribution in [-0.4, -0.2) is 17.0 Å². The highest BCUT2D eigenvalue weighted by molar-refractivity contribution is 14.1. The molecule has 4 aliphatic rings. The lowest BCUT2D eigenvalue weighted by Crippen LogP contribution is -2.46. The molecular weight excluding hydrogens is 546 g/mol. The molecule has 4 bridgehead atoms. The summed E-state index contributed by atoms with van der Waals surface area (Å²) in [5.74, 6) is 3.06. The van der Waals surface area contributed by atoms with Crippen molar-refractivity contribution >= 4 is 57.1 Å². The van der Waals surface area contributed by atoms with E-state index in [-0.39, 0.29) is 11.5 Å². The van der Waals surface area contributed by atoms with Crippen LogP contribution < -0.4 is 4.74 Å². The van der Waals surface area contributed by atoms with Gasteiger partial charge in [-0.15, -0.1) is 0 Å². The molecule has 25 heavy (non-hydrogen) atoms. The predicted octanol–water partition coefficient (Wildman–Crippen LogP) is 4.96. The number of hydrogen-bond donors (Lipinski definition) is 1. The summed E-state index contributed by atoms with van der Waals surface area (Å²) in [4.78, 5) is 23.7. The van der Waals surface area contributed by atoms with E-state index in [9.17, 15) is 9.59 Å². The number of aromatic carboxylic acids is 1. The Bertz CT molecular complexity index is 679. The SMILES string of the molecule is O=C(CC1C2CC3CC(C2)CC1C3)Oc1c(I)cc(C(=O)O)cc1I. The zero-order valence-electron chi connectivity index (χ0n) is 13.7. The van der Waals surface area contributed by atoms with Crippen LogP contribution in [0.2, 0.25) is 0 Å². The summed E-state index contributed by atoms with van der Waals surface area (Å²) in [5, 5.41) is 9.13. The van der Waals surface area contributed by atoms with E-state index in [1.807, 2.05) is 45.2 Å². The Hall–Kier alpha value is -0.380. The molecule has 1 aromatic rings. The number of halogens is 2. The first kappa shape index (κ1) is 18.0. The van der Waals surface area contributed by atoms with Crippen LogP contribution in [0.1, 0.15) is 48.9 Å². The second kappa shape index (κ2) is 6.98. The fourth-order valence-corrected chi connectivity index (χ4v) is 7.49. The fraction of sp³-hybridized carbons (Fsp3) is 0.579. The van der Waals surface area contributed by atoms with Crippen molar-refractivity contribution in [3.8, 4) is 5.75 Å². The fourth-order valence-electron chi connectivity index (χ4n) is 5.50. The molecule has 0 saturated heterocycles. The number of esters is 1. The summed E-state index contributed by atoms with van der Waals surface area (Å²) in [6, 6.07) is 3.10. The van der Waals surface area contributed by atoms with Gasteiger partial charge >= 0.3 is 11.9 Å². The number of benzene rings is 1. The zero-order chi connectivity index (χ0) is 17.7. The Balaban J connectivity index is 1.45. The quantitative estimate of drug-likeness (QED) is 0.318. The summed E-state index contributed by atoms with van der Waals surface area (Å²) in [6.07, 6.45) is 7.11. The Kier molecular flexibility index (Phi) is 5.02. The Morgan fingerprint density at radius 1 is 1.00 bits per heavy atom. The van der Waals surface area contributed by atoms with Crippen molar-refractivity contribution in [1.82, 2.24) is 0 Å². The Labute approximate surface area is 174 Å². The molecular formula is C19H20I2O4. The summed E-state index contributed by atoms with van der Waals surface area (Å²) >= 11 is 4.08. The lowest BCUT2D eigenvalue weighted by molar-refractivity contribution is -0.139. The number of ether oxygens (including phenoxy) is 1. The molecule has 0 atom stereocenters. The van der Waals surface area contributed by atoms with Gasteiger partial charge < -0.3 is 9.84 Å². The summed E-state index contributed by atoms with van der Waals surface area (Å²) in [7, 11) is 0. The molecule has 0 aliphatic heterocycles. The van der Waals surface area contributed by atoms with Gasteiger partial charge in [-0.1, -0.05) is 0 Å². The van der Waals surface area contributed by atoms with Crippen LogP contribution in [0.4, 0.5) is 0 Å². The van der Waals surface area contributed by atoms with Gasteiger partial charge in [-0.2, -0.15) is 0 Å². The normalized spacial score (nSPS) is 32.6. The van der Waals surface area contributed by atoms with Gasteiger partial charge in [-0.25, -0.2) is 4.79 Å². The molecule has 0 radical (unpaired) electrons. The molecule has 0 amide bonds. The summed E-state index contributed by atoms with van der Waals surface area (Å²) < 4.78 is 7.00. The van der Waals surface area contributed by atoms with E-state index in [2.05, 4.69) is 0 Å². The lowest BCUT2D eigenvalue weighted by atomic mass is 9.51. The number of carbonyl (C=O) groups is 2. The molecule has 134 valence electrons. The van der Waals surface area contributed by atoms with Crippen LogP contribution in [0.3, 0.4) is 0 Å². The van der Waals surface area contributed by atoms with E-state index >= 15 is 0 Å². The van der Waals surface area contributed by atoms with E-state index in [0.717, 1.165) is 11.8 Å². The van der Waals surface area contributed by atoms with Crippen molar-refractivity contribution in [1.29, 1.82) is 0 Å². The van der Waals surface area contributed by atoms with E-state index in [1.54, 1.807) is 12.1 Å². The second-order valence-electron chi connectivity index (χ2n) is 7.85. The molecule has 5 rings (SSSR count). The lowest BCUT2D eigenvalue weighted by Gasteiger charge is -2.54. The predicted molar refractivity (Wildman–Crippen MR) is 110 cm³/mol. The zero-order valence-corrected chi connectivity index (χ0v) is 18.0. The number of rotatable bonds is 4. The van der Waals surface area contributed by atoms with Gasteiger partial charge in [-0.05, 0) is 119 Å². The van der Waals surface area contributed by atoms with Crippen molar-refractivity contribution in [3.63, 3.8) is 0 Å². The van der Waals surface area contributed by atoms with Crippen molar-refractivity contribution in [2.24, 2.45) is 29.6 Å². The van der Waals surface area contributed by atoms with E-state index in [0.29, 0.717) is 37.1 Å². The number of carbonyl (C=O) groups excluding carboxylic acids is 1. The van der Waals surface area contributed by atoms with Crippen LogP contribution >= 0.6 is 45.2 Å². The van der Waals surface area contributed by atoms with Gasteiger partial charge in [0.1, 0.15) is 0 Å². The van der Waals surface area contributed by atoms with Crippen molar-refractivity contribution < 1.29 is 19.4 Å². The molecule has 0 spiro atoms. The monoisotopic (exact) mass is 566 g/mol. The maximum Gasteiger partial charge on any atom is 0.335 e. The van der Waals surface area contributed by atoms with Crippen molar-refractivity contribution in [3.05, 3.63) is 24.8 Å². The molecule has 0 unspecified atom stereocenters. The van der Waals surface area contributed by atoms with Crippen LogP contribution in [-0.2, 0) is 4.79 Å². The molecule has 4 fully saturated rings. The van der Waals surface area contributed by atoms with Crippen LogP contribution in [0, 0.1) is 36.7 Å². The summed E-state index contributed by atoms with van der Waals surface area (Å²) in [5.41, 5.74) is 0.217. The van der Waals surface area contributed by atoms with Gasteiger partial charge in [0.15, 0.2) is 5.75 Å². The standard InChI is InChI=1S/C19H20I2O4/c20-15-6-13(19(23)24)7-16(21)18(15)25-17(22)8-14-11-2-9-1-10(4-11)5-12(14)3-9/h6-7,9-12,14H,1-5,8H2,(H,23,24).